The lowest BCUT2D eigenvalue weighted by atomic mass is 10.1. The van der Waals surface area contributed by atoms with Gasteiger partial charge in [0.1, 0.15) is 11.7 Å². The van der Waals surface area contributed by atoms with Crippen molar-refractivity contribution in [3.63, 3.8) is 0 Å². The molecule has 2 atom stereocenters. The number of nitrogens with zero attached hydrogens (tertiary/aromatic N) is 4. The Morgan fingerprint density at radius 2 is 2.09 bits per heavy atom. The molecule has 2 aromatic heterocycles. The van der Waals surface area contributed by atoms with Crippen LogP contribution in [0.25, 0.3) is 0 Å². The van der Waals surface area contributed by atoms with Gasteiger partial charge in [-0.1, -0.05) is 0 Å². The maximum Gasteiger partial charge on any atom is 0.410 e. The molecule has 0 unspecified atom stereocenters. The smallest absolute Gasteiger partial charge is 0.410 e. The van der Waals surface area contributed by atoms with Crippen LogP contribution in [0.5, 0.6) is 11.8 Å². The van der Waals surface area contributed by atoms with Gasteiger partial charge < -0.3 is 24.4 Å². The monoisotopic (exact) mass is 454 g/mol. The van der Waals surface area contributed by atoms with E-state index in [-0.39, 0.29) is 29.9 Å². The lowest BCUT2D eigenvalue weighted by molar-refractivity contribution is -0.0528. The Hall–Kier alpha value is -3.18. The van der Waals surface area contributed by atoms with Crippen molar-refractivity contribution in [2.24, 2.45) is 0 Å². The fourth-order valence-corrected chi connectivity index (χ4v) is 3.33. The molecule has 1 saturated heterocycles. The highest BCUT2D eigenvalue weighted by Crippen LogP contribution is 2.24. The minimum atomic E-state index is -2.95. The van der Waals surface area contributed by atoms with Gasteiger partial charge in [-0.2, -0.15) is 18.9 Å². The largest absolute Gasteiger partial charge is 0.473 e. The Balaban J connectivity index is 1.59. The maximum absolute atomic E-state index is 12.5. The molecular formula is C20H28F2N6O4. The highest BCUT2D eigenvalue weighted by Gasteiger charge is 2.30. The molecule has 1 amide bonds. The minimum Gasteiger partial charge on any atom is -0.473 e. The first-order valence-corrected chi connectivity index (χ1v) is 10.3. The molecule has 0 radical (unpaired) electrons. The first-order chi connectivity index (χ1) is 15.1. The second-order valence-electron chi connectivity index (χ2n) is 8.50. The minimum absolute atomic E-state index is 0.0658. The van der Waals surface area contributed by atoms with E-state index >= 15 is 0 Å². The summed E-state index contributed by atoms with van der Waals surface area (Å²) in [6.07, 6.45) is 4.59. The van der Waals surface area contributed by atoms with Gasteiger partial charge in [-0.15, -0.1) is 0 Å². The van der Waals surface area contributed by atoms with E-state index in [1.807, 2.05) is 27.7 Å². The summed E-state index contributed by atoms with van der Waals surface area (Å²) in [6.45, 7) is 5.13. The van der Waals surface area contributed by atoms with Crippen molar-refractivity contribution in [2.75, 3.05) is 11.9 Å². The van der Waals surface area contributed by atoms with Crippen LogP contribution in [-0.4, -0.2) is 62.1 Å². The molecule has 3 rings (SSSR count). The van der Waals surface area contributed by atoms with Crippen LogP contribution in [0.4, 0.5) is 25.2 Å². The van der Waals surface area contributed by atoms with Gasteiger partial charge in [-0.3, -0.25) is 4.98 Å². The van der Waals surface area contributed by atoms with Gasteiger partial charge in [0.15, 0.2) is 11.6 Å². The molecular weight excluding hydrogens is 426 g/mol. The molecule has 0 spiro atoms. The summed E-state index contributed by atoms with van der Waals surface area (Å²) in [5.74, 6) is 0.695. The summed E-state index contributed by atoms with van der Waals surface area (Å²) in [7, 11) is 0. The van der Waals surface area contributed by atoms with E-state index < -0.39 is 12.2 Å². The molecule has 2 aromatic rings. The molecule has 1 aliphatic rings. The molecule has 0 aliphatic carbocycles. The summed E-state index contributed by atoms with van der Waals surface area (Å²) in [5, 5.41) is 9.02. The first kappa shape index (κ1) is 23.5. The number of rotatable bonds is 6. The molecule has 32 heavy (non-hydrogen) atoms. The topological polar surface area (TPSA) is 114 Å². The van der Waals surface area contributed by atoms with Gasteiger partial charge in [0.05, 0.1) is 12.4 Å². The number of aromatic amines is 1. The lowest BCUT2D eigenvalue weighted by Gasteiger charge is -2.30. The number of hydrogen-bond acceptors (Lipinski definition) is 8. The zero-order valence-electron chi connectivity index (χ0n) is 18.5. The Kier molecular flexibility index (Phi) is 7.31. The third-order valence-corrected chi connectivity index (χ3v) is 4.62. The molecule has 1 fully saturated rings. The van der Waals surface area contributed by atoms with Crippen molar-refractivity contribution in [2.45, 2.75) is 71.3 Å². The predicted octanol–water partition coefficient (Wildman–Crippen LogP) is 4.10. The zero-order chi connectivity index (χ0) is 23.3. The summed E-state index contributed by atoms with van der Waals surface area (Å²) in [6, 6.07) is 1.21. The van der Waals surface area contributed by atoms with E-state index in [2.05, 4.69) is 30.2 Å². The molecule has 10 nitrogen and oxygen atoms in total. The van der Waals surface area contributed by atoms with E-state index in [1.165, 1.54) is 18.5 Å². The highest BCUT2D eigenvalue weighted by molar-refractivity contribution is 5.68. The van der Waals surface area contributed by atoms with Crippen LogP contribution in [0.1, 0.15) is 47.0 Å². The lowest BCUT2D eigenvalue weighted by Crippen LogP contribution is -2.42. The molecule has 2 N–H and O–H groups in total. The number of amides is 1. The number of aromatic nitrogens is 4. The Bertz CT molecular complexity index is 904. The van der Waals surface area contributed by atoms with Crippen LogP contribution in [0.15, 0.2) is 18.5 Å². The number of nitrogens with one attached hydrogen (secondary N) is 2. The quantitative estimate of drug-likeness (QED) is 0.671. The number of alkyl halides is 2. The SMILES string of the molecule is C[C@H]1C[C@H](Oc2cncc(Nc3cc(OC(F)F)[nH]n3)n2)CCCN1C(=O)OC(C)(C)C. The molecule has 0 bridgehead atoms. The highest BCUT2D eigenvalue weighted by atomic mass is 19.3. The Labute approximate surface area is 184 Å². The fourth-order valence-electron chi connectivity index (χ4n) is 3.33. The molecule has 176 valence electrons. The Morgan fingerprint density at radius 1 is 1.31 bits per heavy atom. The maximum atomic E-state index is 12.5. The summed E-state index contributed by atoms with van der Waals surface area (Å²) in [5.41, 5.74) is -0.553. The first-order valence-electron chi connectivity index (χ1n) is 10.3. The van der Waals surface area contributed by atoms with Crippen molar-refractivity contribution < 1.29 is 27.8 Å². The van der Waals surface area contributed by atoms with Gasteiger partial charge in [-0.05, 0) is 40.5 Å². The van der Waals surface area contributed by atoms with E-state index in [4.69, 9.17) is 9.47 Å². The van der Waals surface area contributed by atoms with E-state index in [1.54, 1.807) is 4.90 Å². The third kappa shape index (κ3) is 6.92. The molecule has 12 heteroatoms. The van der Waals surface area contributed by atoms with Crippen molar-refractivity contribution in [3.05, 3.63) is 18.5 Å². The standard InChI is InChI=1S/C20H28F2N6O4/c1-12-8-13(6-5-7-28(12)19(29)32-20(2,3)4)30-17-11-23-10-15(25-17)24-14-9-16(27-26-14)31-18(21)22/h9-13,18H,5-8H2,1-4H3,(H2,24,25,26,27)/t12-,13+/m0/s1. The summed E-state index contributed by atoms with van der Waals surface area (Å²) >= 11 is 0. The van der Waals surface area contributed by atoms with Crippen LogP contribution >= 0.6 is 0 Å². The van der Waals surface area contributed by atoms with Gasteiger partial charge in [0, 0.05) is 25.1 Å². The average molecular weight is 454 g/mol. The summed E-state index contributed by atoms with van der Waals surface area (Å²) < 4.78 is 40.3. The Morgan fingerprint density at radius 3 is 2.81 bits per heavy atom. The van der Waals surface area contributed by atoms with Crippen molar-refractivity contribution >= 4 is 17.7 Å². The number of hydrogen-bond donors (Lipinski definition) is 2. The van der Waals surface area contributed by atoms with E-state index in [9.17, 15) is 13.6 Å². The second-order valence-corrected chi connectivity index (χ2v) is 8.50. The molecule has 3 heterocycles. The van der Waals surface area contributed by atoms with Crippen molar-refractivity contribution in [1.82, 2.24) is 25.1 Å². The second kappa shape index (κ2) is 9.96. The van der Waals surface area contributed by atoms with Crippen molar-refractivity contribution in [3.8, 4) is 11.8 Å². The normalized spacial score (nSPS) is 19.4. The average Bonchev–Trinajstić information content (AvgIpc) is 3.00. The van der Waals surface area contributed by atoms with Gasteiger partial charge in [0.2, 0.25) is 11.8 Å². The van der Waals surface area contributed by atoms with E-state index in [0.29, 0.717) is 24.7 Å². The molecule has 1 aliphatic heterocycles. The van der Waals surface area contributed by atoms with Gasteiger partial charge >= 0.3 is 12.7 Å². The number of H-pyrrole nitrogens is 1. The van der Waals surface area contributed by atoms with Crippen molar-refractivity contribution in [1.29, 1.82) is 0 Å². The fraction of sp³-hybridized carbons (Fsp3) is 0.600. The number of carbonyl (C=O) groups excluding carboxylic acids is 1. The van der Waals surface area contributed by atoms with Gasteiger partial charge in [0.25, 0.3) is 0 Å². The number of likely N-dealkylation sites (tertiary alicyclic amines) is 1. The third-order valence-electron chi connectivity index (χ3n) is 4.62. The zero-order valence-corrected chi connectivity index (χ0v) is 18.5. The van der Waals surface area contributed by atoms with Crippen LogP contribution in [0.3, 0.4) is 0 Å². The van der Waals surface area contributed by atoms with Crippen LogP contribution in [-0.2, 0) is 4.74 Å². The van der Waals surface area contributed by atoms with Crippen LogP contribution in [0, 0.1) is 0 Å². The van der Waals surface area contributed by atoms with Gasteiger partial charge in [-0.25, -0.2) is 9.89 Å². The number of anilines is 2. The van der Waals surface area contributed by atoms with Crippen LogP contribution < -0.4 is 14.8 Å². The number of carbonyl (C=O) groups is 1. The number of ether oxygens (including phenoxy) is 3. The van der Waals surface area contributed by atoms with Crippen LogP contribution in [0.2, 0.25) is 0 Å². The number of halogens is 2. The van der Waals surface area contributed by atoms with E-state index in [0.717, 1.165) is 12.8 Å². The predicted molar refractivity (Wildman–Crippen MR) is 111 cm³/mol. The summed E-state index contributed by atoms with van der Waals surface area (Å²) in [4.78, 5) is 22.7. The molecule has 0 aromatic carbocycles. The molecule has 0 saturated carbocycles.